The predicted molar refractivity (Wildman–Crippen MR) is 65.1 cm³/mol. The van der Waals surface area contributed by atoms with Gasteiger partial charge in [-0.05, 0) is 24.3 Å². The van der Waals surface area contributed by atoms with E-state index in [0.29, 0.717) is 10.7 Å². The molecular formula is C8H11Cl2N5. The molecule has 0 heterocycles. The van der Waals surface area contributed by atoms with Crippen molar-refractivity contribution in [3.05, 3.63) is 29.3 Å². The Morgan fingerprint density at radius 3 is 2.20 bits per heavy atom. The molecule has 0 saturated carbocycles. The number of rotatable bonds is 1. The highest BCUT2D eigenvalue weighted by molar-refractivity contribution is 6.30. The molecule has 0 aliphatic carbocycles. The molecule has 15 heavy (non-hydrogen) atoms. The maximum Gasteiger partial charge on any atom is 0.199 e. The first kappa shape index (κ1) is 13.5. The molecule has 82 valence electrons. The summed E-state index contributed by atoms with van der Waals surface area (Å²) in [6.07, 6.45) is 0. The molecular weight excluding hydrogens is 237 g/mol. The number of anilines is 1. The fourth-order valence-electron chi connectivity index (χ4n) is 0.843. The Morgan fingerprint density at radius 1 is 1.20 bits per heavy atom. The third-order valence-electron chi connectivity index (χ3n) is 1.37. The normalized spacial score (nSPS) is 8.60. The second-order valence-electron chi connectivity index (χ2n) is 2.55. The minimum Gasteiger partial charge on any atom is -0.370 e. The van der Waals surface area contributed by atoms with E-state index in [-0.39, 0.29) is 24.3 Å². The van der Waals surface area contributed by atoms with Crippen molar-refractivity contribution in [1.29, 1.82) is 10.8 Å². The first-order chi connectivity index (χ1) is 6.58. The van der Waals surface area contributed by atoms with Crippen LogP contribution in [-0.2, 0) is 0 Å². The van der Waals surface area contributed by atoms with Gasteiger partial charge in [0.15, 0.2) is 11.9 Å². The number of nitrogens with one attached hydrogen (secondary N) is 4. The number of benzene rings is 1. The largest absolute Gasteiger partial charge is 0.370 e. The quantitative estimate of drug-likeness (QED) is 0.385. The molecule has 7 heteroatoms. The Hall–Kier alpha value is -1.46. The maximum absolute atomic E-state index is 7.33. The lowest BCUT2D eigenvalue weighted by Gasteiger charge is -2.08. The molecule has 5 nitrogen and oxygen atoms in total. The Labute approximate surface area is 98.4 Å². The van der Waals surface area contributed by atoms with E-state index in [1.54, 1.807) is 24.3 Å². The van der Waals surface area contributed by atoms with Crippen LogP contribution in [0.3, 0.4) is 0 Å². The van der Waals surface area contributed by atoms with Crippen LogP contribution in [0.25, 0.3) is 0 Å². The van der Waals surface area contributed by atoms with Crippen molar-refractivity contribution >= 4 is 41.6 Å². The van der Waals surface area contributed by atoms with Gasteiger partial charge in [-0.15, -0.1) is 12.4 Å². The Balaban J connectivity index is 0.00000196. The molecule has 1 aromatic rings. The van der Waals surface area contributed by atoms with E-state index in [1.165, 1.54) is 0 Å². The van der Waals surface area contributed by atoms with Crippen LogP contribution in [-0.4, -0.2) is 11.9 Å². The summed E-state index contributed by atoms with van der Waals surface area (Å²) >= 11 is 5.68. The average molecular weight is 248 g/mol. The van der Waals surface area contributed by atoms with E-state index in [4.69, 9.17) is 28.2 Å². The lowest BCUT2D eigenvalue weighted by molar-refractivity contribution is 1.20. The zero-order valence-corrected chi connectivity index (χ0v) is 9.25. The molecule has 0 saturated heterocycles. The molecule has 6 N–H and O–H groups in total. The fourth-order valence-corrected chi connectivity index (χ4v) is 0.969. The van der Waals surface area contributed by atoms with Gasteiger partial charge in [-0.2, -0.15) is 0 Å². The number of hydrogen-bond donors (Lipinski definition) is 5. The van der Waals surface area contributed by atoms with Gasteiger partial charge in [0.05, 0.1) is 0 Å². The van der Waals surface area contributed by atoms with Crippen LogP contribution in [0.5, 0.6) is 0 Å². The van der Waals surface area contributed by atoms with Crippen LogP contribution in [0, 0.1) is 10.8 Å². The molecule has 0 radical (unpaired) electrons. The fraction of sp³-hybridized carbons (Fsp3) is 0. The lowest BCUT2D eigenvalue weighted by atomic mass is 10.3. The van der Waals surface area contributed by atoms with Gasteiger partial charge in [0, 0.05) is 10.7 Å². The molecule has 0 amide bonds. The van der Waals surface area contributed by atoms with Gasteiger partial charge in [-0.3, -0.25) is 16.1 Å². The third-order valence-corrected chi connectivity index (χ3v) is 1.63. The molecule has 0 atom stereocenters. The SMILES string of the molecule is Cl.N=C(N)NC(=N)Nc1ccc(Cl)cc1. The highest BCUT2D eigenvalue weighted by atomic mass is 35.5. The summed E-state index contributed by atoms with van der Waals surface area (Å²) in [5.74, 6) is -0.337. The number of halogens is 2. The van der Waals surface area contributed by atoms with Crippen LogP contribution in [0.15, 0.2) is 24.3 Å². The Morgan fingerprint density at radius 2 is 1.73 bits per heavy atom. The number of guanidine groups is 2. The maximum atomic E-state index is 7.33. The van der Waals surface area contributed by atoms with Crippen molar-refractivity contribution in [1.82, 2.24) is 5.32 Å². The molecule has 1 aromatic carbocycles. The summed E-state index contributed by atoms with van der Waals surface area (Å²) in [5, 5.41) is 19.8. The topological polar surface area (TPSA) is 97.8 Å². The minimum absolute atomic E-state index is 0. The Kier molecular flexibility index (Phi) is 5.51. The summed E-state index contributed by atoms with van der Waals surface area (Å²) in [5.41, 5.74) is 5.74. The molecule has 0 fully saturated rings. The lowest BCUT2D eigenvalue weighted by Crippen LogP contribution is -2.39. The van der Waals surface area contributed by atoms with E-state index in [1.807, 2.05) is 0 Å². The third kappa shape index (κ3) is 5.09. The molecule has 0 aromatic heterocycles. The summed E-state index contributed by atoms with van der Waals surface area (Å²) in [7, 11) is 0. The Bertz CT molecular complexity index is 349. The standard InChI is InChI=1S/C8H10ClN5.ClH/c9-5-1-3-6(4-2-5)13-8(12)14-7(10)11;/h1-4H,(H6,10,11,12,13,14);1H. The van der Waals surface area contributed by atoms with Crippen molar-refractivity contribution in [2.75, 3.05) is 5.32 Å². The van der Waals surface area contributed by atoms with E-state index in [2.05, 4.69) is 10.6 Å². The van der Waals surface area contributed by atoms with Crippen LogP contribution in [0.4, 0.5) is 5.69 Å². The van der Waals surface area contributed by atoms with Crippen LogP contribution < -0.4 is 16.4 Å². The molecule has 0 aliphatic rings. The zero-order chi connectivity index (χ0) is 10.6. The van der Waals surface area contributed by atoms with Gasteiger partial charge < -0.3 is 11.1 Å². The molecule has 0 spiro atoms. The van der Waals surface area contributed by atoms with Gasteiger partial charge in [0.25, 0.3) is 0 Å². The highest BCUT2D eigenvalue weighted by Gasteiger charge is 1.97. The zero-order valence-electron chi connectivity index (χ0n) is 7.67. The average Bonchev–Trinajstić information content (AvgIpc) is 2.07. The summed E-state index contributed by atoms with van der Waals surface area (Å²) in [6.45, 7) is 0. The van der Waals surface area contributed by atoms with Crippen LogP contribution in [0.2, 0.25) is 5.02 Å². The summed E-state index contributed by atoms with van der Waals surface area (Å²) in [6, 6.07) is 6.84. The molecule has 0 unspecified atom stereocenters. The van der Waals surface area contributed by atoms with Crippen molar-refractivity contribution < 1.29 is 0 Å². The van der Waals surface area contributed by atoms with E-state index < -0.39 is 0 Å². The van der Waals surface area contributed by atoms with Crippen LogP contribution in [0.1, 0.15) is 0 Å². The second-order valence-corrected chi connectivity index (χ2v) is 2.98. The first-order valence-electron chi connectivity index (χ1n) is 3.80. The predicted octanol–water partition coefficient (Wildman–Crippen LogP) is 1.59. The van der Waals surface area contributed by atoms with Gasteiger partial charge in [0.2, 0.25) is 0 Å². The monoisotopic (exact) mass is 247 g/mol. The van der Waals surface area contributed by atoms with Gasteiger partial charge in [-0.25, -0.2) is 0 Å². The minimum atomic E-state index is -0.281. The van der Waals surface area contributed by atoms with Gasteiger partial charge >= 0.3 is 0 Å². The molecule has 0 bridgehead atoms. The molecule has 0 aliphatic heterocycles. The van der Waals surface area contributed by atoms with Crippen molar-refractivity contribution in [2.24, 2.45) is 5.73 Å². The number of hydrogen-bond acceptors (Lipinski definition) is 2. The van der Waals surface area contributed by atoms with E-state index in [9.17, 15) is 0 Å². The smallest absolute Gasteiger partial charge is 0.199 e. The van der Waals surface area contributed by atoms with E-state index in [0.717, 1.165) is 0 Å². The summed E-state index contributed by atoms with van der Waals surface area (Å²) < 4.78 is 0. The second kappa shape index (κ2) is 6.10. The van der Waals surface area contributed by atoms with Crippen molar-refractivity contribution in [3.8, 4) is 0 Å². The van der Waals surface area contributed by atoms with E-state index >= 15 is 0 Å². The van der Waals surface area contributed by atoms with Gasteiger partial charge in [0.1, 0.15) is 0 Å². The highest BCUT2D eigenvalue weighted by Crippen LogP contribution is 2.12. The summed E-state index contributed by atoms with van der Waals surface area (Å²) in [4.78, 5) is 0. The molecule has 1 rings (SSSR count). The van der Waals surface area contributed by atoms with Crippen molar-refractivity contribution in [3.63, 3.8) is 0 Å². The van der Waals surface area contributed by atoms with Crippen LogP contribution >= 0.6 is 24.0 Å². The number of nitrogens with two attached hydrogens (primary N) is 1. The van der Waals surface area contributed by atoms with Gasteiger partial charge in [-0.1, -0.05) is 11.6 Å². The van der Waals surface area contributed by atoms with Crippen molar-refractivity contribution in [2.45, 2.75) is 0 Å². The first-order valence-corrected chi connectivity index (χ1v) is 4.18.